The molecule has 32 heavy (non-hydrogen) atoms. The van der Waals surface area contributed by atoms with E-state index in [-0.39, 0.29) is 18.2 Å². The maximum atomic E-state index is 13.0. The van der Waals surface area contributed by atoms with Gasteiger partial charge in [-0.15, -0.1) is 10.2 Å². The van der Waals surface area contributed by atoms with Gasteiger partial charge in [0, 0.05) is 26.1 Å². The molecule has 1 amide bonds. The second-order valence-corrected chi connectivity index (χ2v) is 9.90. The first-order chi connectivity index (χ1) is 15.0. The Bertz CT molecular complexity index is 828. The number of rotatable bonds is 5. The first-order valence-electron chi connectivity index (χ1n) is 11.6. The number of ether oxygens (including phenoxy) is 2. The number of hydrogen-bond acceptors (Lipinski definition) is 6. The normalized spacial score (nSPS) is 23.1. The molecule has 180 valence electrons. The van der Waals surface area contributed by atoms with Crippen LogP contribution in [-0.4, -0.2) is 68.3 Å². The predicted molar refractivity (Wildman–Crippen MR) is 122 cm³/mol. The third-order valence-corrected chi connectivity index (χ3v) is 5.66. The summed E-state index contributed by atoms with van der Waals surface area (Å²) in [6.07, 6.45) is 2.76. The molecule has 0 saturated carbocycles. The number of nitrogens with zero attached hydrogens (tertiary/aromatic N) is 5. The number of carbonyl (C=O) groups is 1. The summed E-state index contributed by atoms with van der Waals surface area (Å²) in [4.78, 5) is 19.4. The molecule has 0 aliphatic carbocycles. The van der Waals surface area contributed by atoms with Gasteiger partial charge in [-0.3, -0.25) is 4.90 Å². The maximum Gasteiger partial charge on any atom is 0.412 e. The highest BCUT2D eigenvalue weighted by Crippen LogP contribution is 2.33. The molecule has 3 heterocycles. The van der Waals surface area contributed by atoms with Crippen LogP contribution < -0.4 is 10.6 Å². The van der Waals surface area contributed by atoms with Gasteiger partial charge in [-0.1, -0.05) is 0 Å². The third kappa shape index (κ3) is 5.70. The van der Waals surface area contributed by atoms with Crippen LogP contribution in [0, 0.1) is 0 Å². The van der Waals surface area contributed by atoms with E-state index in [1.54, 1.807) is 4.90 Å². The first kappa shape index (κ1) is 24.3. The van der Waals surface area contributed by atoms with Gasteiger partial charge in [-0.05, 0) is 61.3 Å². The molecule has 1 fully saturated rings. The van der Waals surface area contributed by atoms with E-state index in [4.69, 9.17) is 14.5 Å². The fraction of sp³-hybridized carbons (Fsp3) is 0.818. The van der Waals surface area contributed by atoms with Crippen LogP contribution in [0.25, 0.3) is 0 Å². The van der Waals surface area contributed by atoms with Crippen molar-refractivity contribution in [1.29, 1.82) is 0 Å². The molecular weight excluding hydrogens is 410 g/mol. The Morgan fingerprint density at radius 1 is 1.28 bits per heavy atom. The number of carbonyl (C=O) groups excluding carboxylic acids is 1. The number of hydrogen-bond donors (Lipinski definition) is 2. The molecule has 0 radical (unpaired) electrons. The summed E-state index contributed by atoms with van der Waals surface area (Å²) in [7, 11) is 0. The molecular formula is C22H39N7O3. The van der Waals surface area contributed by atoms with Crippen LogP contribution in [0.3, 0.4) is 0 Å². The number of nitrogens with one attached hydrogen (secondary N) is 2. The highest BCUT2D eigenvalue weighted by molar-refractivity contribution is 5.80. The first-order valence-corrected chi connectivity index (χ1v) is 11.6. The molecule has 2 N–H and O–H groups in total. The lowest BCUT2D eigenvalue weighted by atomic mass is 10.1. The Hall–Kier alpha value is -2.36. The summed E-state index contributed by atoms with van der Waals surface area (Å²) >= 11 is 0. The minimum atomic E-state index is -0.760. The number of aliphatic imine (C=N–C) groups is 1. The zero-order chi connectivity index (χ0) is 23.5. The number of amides is 1. The molecule has 2 atom stereocenters. The van der Waals surface area contributed by atoms with Crippen LogP contribution in [0.4, 0.5) is 4.79 Å². The summed E-state index contributed by atoms with van der Waals surface area (Å²) in [5.74, 6) is 2.60. The monoisotopic (exact) mass is 449 g/mol. The van der Waals surface area contributed by atoms with E-state index in [1.165, 1.54) is 0 Å². The van der Waals surface area contributed by atoms with E-state index in [0.29, 0.717) is 19.0 Å². The summed E-state index contributed by atoms with van der Waals surface area (Å²) in [5.41, 5.74) is -1.34. The lowest BCUT2D eigenvalue weighted by Crippen LogP contribution is -2.54. The van der Waals surface area contributed by atoms with Gasteiger partial charge in [0.05, 0.1) is 12.1 Å². The topological polar surface area (TPSA) is 106 Å². The van der Waals surface area contributed by atoms with Gasteiger partial charge in [0.1, 0.15) is 23.7 Å². The van der Waals surface area contributed by atoms with Crippen molar-refractivity contribution in [3.05, 3.63) is 11.6 Å². The number of fused-ring (bicyclic) bond motifs is 1. The average Bonchev–Trinajstić information content (AvgIpc) is 3.19. The molecule has 3 rings (SSSR count). The maximum absolute atomic E-state index is 13.0. The van der Waals surface area contributed by atoms with Gasteiger partial charge < -0.3 is 24.7 Å². The molecule has 1 saturated heterocycles. The second-order valence-electron chi connectivity index (χ2n) is 9.90. The van der Waals surface area contributed by atoms with Crippen molar-refractivity contribution in [2.75, 3.05) is 13.1 Å². The zero-order valence-corrected chi connectivity index (χ0v) is 20.6. The molecule has 2 aliphatic rings. The second kappa shape index (κ2) is 9.64. The number of guanidine groups is 1. The number of aromatic nitrogens is 3. The standard InChI is InChI=1S/C22H39N7O3/c1-8-23-19(25-14-18-27-26-17-11-9-10-12-28(17)18)24-13-16-15(2)31-22(6,7)29(16)20(30)32-21(3,4)5/h15-16H,8-14H2,1-7H3,(H2,23,24,25). The van der Waals surface area contributed by atoms with Gasteiger partial charge in [0.25, 0.3) is 0 Å². The highest BCUT2D eigenvalue weighted by atomic mass is 16.6. The van der Waals surface area contributed by atoms with Crippen LogP contribution in [-0.2, 0) is 29.0 Å². The van der Waals surface area contributed by atoms with Crippen molar-refractivity contribution in [2.45, 2.75) is 104 Å². The van der Waals surface area contributed by atoms with Gasteiger partial charge in [0.15, 0.2) is 11.8 Å². The lowest BCUT2D eigenvalue weighted by Gasteiger charge is -2.35. The van der Waals surface area contributed by atoms with Crippen molar-refractivity contribution < 1.29 is 14.3 Å². The molecule has 1 aromatic rings. The Morgan fingerprint density at radius 2 is 2.03 bits per heavy atom. The van der Waals surface area contributed by atoms with Crippen LogP contribution in [0.1, 0.15) is 73.0 Å². The van der Waals surface area contributed by atoms with Gasteiger partial charge in [-0.25, -0.2) is 9.79 Å². The number of aryl methyl sites for hydroxylation is 1. The molecule has 10 heteroatoms. The molecule has 2 unspecified atom stereocenters. The highest BCUT2D eigenvalue weighted by Gasteiger charge is 2.49. The summed E-state index contributed by atoms with van der Waals surface area (Å²) in [6.45, 7) is 16.0. The zero-order valence-electron chi connectivity index (χ0n) is 20.6. The van der Waals surface area contributed by atoms with Crippen molar-refractivity contribution in [3.8, 4) is 0 Å². The molecule has 10 nitrogen and oxygen atoms in total. The van der Waals surface area contributed by atoms with E-state index < -0.39 is 11.3 Å². The third-order valence-electron chi connectivity index (χ3n) is 5.66. The summed E-state index contributed by atoms with van der Waals surface area (Å²) < 4.78 is 13.9. The summed E-state index contributed by atoms with van der Waals surface area (Å²) in [6, 6.07) is -0.204. The SMILES string of the molecule is CCNC(=NCc1nnc2n1CCCC2)NCC1C(C)OC(C)(C)N1C(=O)OC(C)(C)C. The van der Waals surface area contributed by atoms with E-state index >= 15 is 0 Å². The Morgan fingerprint density at radius 3 is 2.72 bits per heavy atom. The van der Waals surface area contributed by atoms with Crippen molar-refractivity contribution in [3.63, 3.8) is 0 Å². The van der Waals surface area contributed by atoms with Crippen molar-refractivity contribution in [1.82, 2.24) is 30.3 Å². The van der Waals surface area contributed by atoms with Crippen molar-refractivity contribution >= 4 is 12.1 Å². The molecule has 1 aromatic heterocycles. The van der Waals surface area contributed by atoms with Crippen LogP contribution >= 0.6 is 0 Å². The largest absolute Gasteiger partial charge is 0.444 e. The van der Waals surface area contributed by atoms with Crippen LogP contribution in [0.15, 0.2) is 4.99 Å². The predicted octanol–water partition coefficient (Wildman–Crippen LogP) is 2.43. The fourth-order valence-electron chi connectivity index (χ4n) is 4.30. The minimum absolute atomic E-state index is 0.156. The Balaban J connectivity index is 1.69. The van der Waals surface area contributed by atoms with E-state index in [1.807, 2.05) is 48.5 Å². The summed E-state index contributed by atoms with van der Waals surface area (Å²) in [5, 5.41) is 15.3. The lowest BCUT2D eigenvalue weighted by molar-refractivity contribution is -0.0755. The van der Waals surface area contributed by atoms with E-state index in [0.717, 1.165) is 44.0 Å². The Kier molecular flexibility index (Phi) is 7.32. The van der Waals surface area contributed by atoms with Gasteiger partial charge in [-0.2, -0.15) is 0 Å². The van der Waals surface area contributed by atoms with Crippen LogP contribution in [0.5, 0.6) is 0 Å². The van der Waals surface area contributed by atoms with Crippen molar-refractivity contribution in [2.24, 2.45) is 4.99 Å². The molecule has 0 bridgehead atoms. The van der Waals surface area contributed by atoms with E-state index in [2.05, 4.69) is 25.4 Å². The van der Waals surface area contributed by atoms with Gasteiger partial charge >= 0.3 is 6.09 Å². The van der Waals surface area contributed by atoms with Gasteiger partial charge in [0.2, 0.25) is 0 Å². The smallest absolute Gasteiger partial charge is 0.412 e. The van der Waals surface area contributed by atoms with Crippen LogP contribution in [0.2, 0.25) is 0 Å². The minimum Gasteiger partial charge on any atom is -0.444 e. The Labute approximate surface area is 191 Å². The quantitative estimate of drug-likeness (QED) is 0.525. The molecule has 0 aromatic carbocycles. The molecule has 0 spiro atoms. The van der Waals surface area contributed by atoms with E-state index in [9.17, 15) is 4.79 Å². The average molecular weight is 450 g/mol. The fourth-order valence-corrected chi connectivity index (χ4v) is 4.30. The molecule has 2 aliphatic heterocycles.